The van der Waals surface area contributed by atoms with Crippen LogP contribution in [0.5, 0.6) is 5.75 Å². The Kier molecular flexibility index (Phi) is 6.96. The van der Waals surface area contributed by atoms with Gasteiger partial charge in [0.2, 0.25) is 0 Å². The van der Waals surface area contributed by atoms with Gasteiger partial charge in [-0.05, 0) is 48.0 Å². The zero-order valence-electron chi connectivity index (χ0n) is 17.8. The summed E-state index contributed by atoms with van der Waals surface area (Å²) in [5.74, 6) is 7.78. The first kappa shape index (κ1) is 21.4. The molecule has 0 radical (unpaired) electrons. The highest BCUT2D eigenvalue weighted by atomic mass is 16.5. The number of nitrogens with zero attached hydrogens (tertiary/aromatic N) is 2. The summed E-state index contributed by atoms with van der Waals surface area (Å²) in [5.41, 5.74) is 6.36. The summed E-state index contributed by atoms with van der Waals surface area (Å²) in [6.07, 6.45) is 1.79. The van der Waals surface area contributed by atoms with Crippen molar-refractivity contribution >= 4 is 33.9 Å². The smallest absolute Gasteiger partial charge is 0.153 e. The normalized spacial score (nSPS) is 10.7. The van der Waals surface area contributed by atoms with Crippen molar-refractivity contribution in [1.29, 1.82) is 0 Å². The van der Waals surface area contributed by atoms with Crippen molar-refractivity contribution in [2.75, 3.05) is 36.4 Å². The summed E-state index contributed by atoms with van der Waals surface area (Å²) >= 11 is 0. The number of fused-ring (bicyclic) bond motifs is 1. The minimum atomic E-state index is 0.494. The number of ether oxygens (including phenoxy) is 2. The molecule has 5 N–H and O–H groups in total. The Labute approximate surface area is 186 Å². The van der Waals surface area contributed by atoms with Gasteiger partial charge in [-0.15, -0.1) is 0 Å². The fourth-order valence-electron chi connectivity index (χ4n) is 3.26. The van der Waals surface area contributed by atoms with E-state index in [1.165, 1.54) is 0 Å². The Morgan fingerprint density at radius 3 is 2.78 bits per heavy atom. The van der Waals surface area contributed by atoms with Gasteiger partial charge in [0.15, 0.2) is 5.82 Å². The molecule has 164 valence electrons. The number of hydrogen-bond acceptors (Lipinski definition) is 8. The largest absolute Gasteiger partial charge is 0.491 e. The van der Waals surface area contributed by atoms with Crippen LogP contribution < -0.4 is 26.6 Å². The van der Waals surface area contributed by atoms with Crippen LogP contribution in [0, 0.1) is 0 Å². The van der Waals surface area contributed by atoms with Gasteiger partial charge in [0, 0.05) is 37.0 Å². The molecule has 2 aromatic heterocycles. The Bertz CT molecular complexity index is 1180. The Hall–Kier alpha value is -3.88. The van der Waals surface area contributed by atoms with Crippen molar-refractivity contribution in [1.82, 2.24) is 9.97 Å². The minimum absolute atomic E-state index is 0.494. The fraction of sp³-hybridized carbons (Fsp3) is 0.167. The SMILES string of the molecule is COCCOc1cccc(Nc2ccc(NN)c(NCc3ccc4ncccc4c3)n2)c1. The third-order valence-electron chi connectivity index (χ3n) is 4.84. The maximum Gasteiger partial charge on any atom is 0.153 e. The van der Waals surface area contributed by atoms with Crippen molar-refractivity contribution in [2.45, 2.75) is 6.54 Å². The van der Waals surface area contributed by atoms with Crippen LogP contribution in [0.4, 0.5) is 23.0 Å². The van der Waals surface area contributed by atoms with Crippen LogP contribution in [-0.2, 0) is 11.3 Å². The van der Waals surface area contributed by atoms with Crippen molar-refractivity contribution in [2.24, 2.45) is 5.84 Å². The van der Waals surface area contributed by atoms with E-state index >= 15 is 0 Å². The van der Waals surface area contributed by atoms with E-state index in [4.69, 9.17) is 15.3 Å². The Morgan fingerprint density at radius 1 is 0.969 bits per heavy atom. The van der Waals surface area contributed by atoms with Crippen LogP contribution in [-0.4, -0.2) is 30.3 Å². The molecule has 0 fully saturated rings. The number of benzene rings is 2. The highest BCUT2D eigenvalue weighted by Crippen LogP contribution is 2.25. The minimum Gasteiger partial charge on any atom is -0.491 e. The van der Waals surface area contributed by atoms with Crippen LogP contribution >= 0.6 is 0 Å². The molecule has 32 heavy (non-hydrogen) atoms. The molecule has 0 aliphatic rings. The van der Waals surface area contributed by atoms with Crippen LogP contribution in [0.1, 0.15) is 5.56 Å². The molecule has 0 unspecified atom stereocenters. The third-order valence-corrected chi connectivity index (χ3v) is 4.84. The molecule has 0 saturated carbocycles. The molecular formula is C24H26N6O2. The molecule has 0 bridgehead atoms. The lowest BCUT2D eigenvalue weighted by Crippen LogP contribution is -2.12. The molecule has 8 nitrogen and oxygen atoms in total. The first-order valence-electron chi connectivity index (χ1n) is 10.3. The maximum atomic E-state index is 5.69. The zero-order chi connectivity index (χ0) is 22.2. The van der Waals surface area contributed by atoms with Crippen LogP contribution in [0.15, 0.2) is 72.9 Å². The first-order valence-corrected chi connectivity index (χ1v) is 10.3. The zero-order valence-corrected chi connectivity index (χ0v) is 17.8. The number of nitrogens with one attached hydrogen (secondary N) is 3. The lowest BCUT2D eigenvalue weighted by atomic mass is 10.1. The van der Waals surface area contributed by atoms with Gasteiger partial charge in [-0.3, -0.25) is 10.8 Å². The lowest BCUT2D eigenvalue weighted by Gasteiger charge is -2.14. The number of hydrogen-bond donors (Lipinski definition) is 4. The summed E-state index contributed by atoms with van der Waals surface area (Å²) in [7, 11) is 1.65. The number of nitrogen functional groups attached to an aromatic ring is 1. The number of hydrazine groups is 1. The van der Waals surface area contributed by atoms with E-state index in [1.807, 2.05) is 48.5 Å². The van der Waals surface area contributed by atoms with E-state index in [-0.39, 0.29) is 0 Å². The van der Waals surface area contributed by atoms with Crippen LogP contribution in [0.3, 0.4) is 0 Å². The summed E-state index contributed by atoms with van der Waals surface area (Å²) in [4.78, 5) is 9.05. The Morgan fingerprint density at radius 2 is 1.91 bits per heavy atom. The standard InChI is InChI=1S/C24H26N6O2/c1-31-12-13-32-20-6-2-5-19(15-20)28-23-10-9-22(30-25)24(29-23)27-16-17-7-8-21-18(14-17)4-3-11-26-21/h2-11,14-15,30H,12-13,16,25H2,1H3,(H2,27,28,29). The predicted octanol–water partition coefficient (Wildman–Crippen LogP) is 4.30. The average molecular weight is 431 g/mol. The number of anilines is 4. The van der Waals surface area contributed by atoms with Crippen LogP contribution in [0.25, 0.3) is 10.9 Å². The van der Waals surface area contributed by atoms with E-state index in [1.54, 1.807) is 13.3 Å². The molecule has 4 rings (SSSR count). The molecule has 2 heterocycles. The summed E-state index contributed by atoms with van der Waals surface area (Å²) in [6, 6.07) is 21.6. The van der Waals surface area contributed by atoms with Crippen molar-refractivity contribution in [3.05, 3.63) is 78.5 Å². The molecule has 8 heteroatoms. The van der Waals surface area contributed by atoms with E-state index in [9.17, 15) is 0 Å². The van der Waals surface area contributed by atoms with Gasteiger partial charge in [-0.2, -0.15) is 0 Å². The highest BCUT2D eigenvalue weighted by molar-refractivity contribution is 5.79. The number of rotatable bonds is 10. The number of pyridine rings is 2. The summed E-state index contributed by atoms with van der Waals surface area (Å²) in [6.45, 7) is 1.63. The topological polar surface area (TPSA) is 106 Å². The molecule has 0 amide bonds. The molecule has 4 aromatic rings. The molecule has 0 spiro atoms. The second kappa shape index (κ2) is 10.4. The molecular weight excluding hydrogens is 404 g/mol. The summed E-state index contributed by atoms with van der Waals surface area (Å²) < 4.78 is 10.7. The van der Waals surface area contributed by atoms with E-state index < -0.39 is 0 Å². The van der Waals surface area contributed by atoms with Gasteiger partial charge in [0.05, 0.1) is 17.8 Å². The molecule has 0 aliphatic carbocycles. The van der Waals surface area contributed by atoms with E-state index in [2.05, 4.69) is 44.2 Å². The monoisotopic (exact) mass is 430 g/mol. The van der Waals surface area contributed by atoms with Gasteiger partial charge in [-0.1, -0.05) is 18.2 Å². The average Bonchev–Trinajstić information content (AvgIpc) is 2.83. The van der Waals surface area contributed by atoms with E-state index in [0.717, 1.165) is 27.9 Å². The molecule has 0 aliphatic heterocycles. The lowest BCUT2D eigenvalue weighted by molar-refractivity contribution is 0.146. The van der Waals surface area contributed by atoms with Gasteiger partial charge < -0.3 is 25.5 Å². The van der Waals surface area contributed by atoms with Gasteiger partial charge >= 0.3 is 0 Å². The quantitative estimate of drug-likeness (QED) is 0.168. The molecule has 0 atom stereocenters. The second-order valence-electron chi connectivity index (χ2n) is 7.12. The third kappa shape index (κ3) is 5.42. The molecule has 0 saturated heterocycles. The number of methoxy groups -OCH3 is 1. The van der Waals surface area contributed by atoms with Crippen molar-refractivity contribution in [3.63, 3.8) is 0 Å². The van der Waals surface area contributed by atoms with Crippen molar-refractivity contribution < 1.29 is 9.47 Å². The number of nitrogens with two attached hydrogens (primary N) is 1. The summed E-state index contributed by atoms with van der Waals surface area (Å²) in [5, 5.41) is 7.77. The van der Waals surface area contributed by atoms with Gasteiger partial charge in [-0.25, -0.2) is 4.98 Å². The Balaban J connectivity index is 1.46. The predicted molar refractivity (Wildman–Crippen MR) is 128 cm³/mol. The fourth-order valence-corrected chi connectivity index (χ4v) is 3.26. The second-order valence-corrected chi connectivity index (χ2v) is 7.12. The number of aromatic nitrogens is 2. The van der Waals surface area contributed by atoms with E-state index in [0.29, 0.717) is 37.1 Å². The molecule has 2 aromatic carbocycles. The highest BCUT2D eigenvalue weighted by Gasteiger charge is 2.07. The van der Waals surface area contributed by atoms with Crippen LogP contribution in [0.2, 0.25) is 0 Å². The van der Waals surface area contributed by atoms with Gasteiger partial charge in [0.25, 0.3) is 0 Å². The maximum absolute atomic E-state index is 5.69. The first-order chi connectivity index (χ1) is 15.7. The van der Waals surface area contributed by atoms with Gasteiger partial charge in [0.1, 0.15) is 18.2 Å². The van der Waals surface area contributed by atoms with Crippen molar-refractivity contribution in [3.8, 4) is 5.75 Å².